The van der Waals surface area contributed by atoms with Crippen molar-refractivity contribution in [1.82, 2.24) is 0 Å². The zero-order chi connectivity index (χ0) is 45.1. The van der Waals surface area contributed by atoms with Gasteiger partial charge in [-0.25, -0.2) is 0 Å². The van der Waals surface area contributed by atoms with Gasteiger partial charge >= 0.3 is 17.9 Å². The van der Waals surface area contributed by atoms with Crippen LogP contribution >= 0.6 is 0 Å². The van der Waals surface area contributed by atoms with E-state index in [-0.39, 0.29) is 37.5 Å². The Morgan fingerprint density at radius 1 is 0.339 bits per heavy atom. The molecule has 0 spiro atoms. The van der Waals surface area contributed by atoms with E-state index in [4.69, 9.17) is 14.2 Å². The van der Waals surface area contributed by atoms with Gasteiger partial charge in [-0.15, -0.1) is 0 Å². The lowest BCUT2D eigenvalue weighted by atomic mass is 10.1. The van der Waals surface area contributed by atoms with Gasteiger partial charge in [0, 0.05) is 19.3 Å². The average Bonchev–Trinajstić information content (AvgIpc) is 3.27. The quantitative estimate of drug-likeness (QED) is 0.0263. The second-order valence-corrected chi connectivity index (χ2v) is 16.0. The Morgan fingerprint density at radius 2 is 0.645 bits per heavy atom. The van der Waals surface area contributed by atoms with Crippen molar-refractivity contribution in [2.24, 2.45) is 0 Å². The normalized spacial score (nSPS) is 13.0. The number of esters is 3. The van der Waals surface area contributed by atoms with E-state index in [2.05, 4.69) is 130 Å². The molecule has 0 heterocycles. The minimum atomic E-state index is -0.810. The van der Waals surface area contributed by atoms with Gasteiger partial charge in [-0.2, -0.15) is 0 Å². The molecule has 0 aromatic carbocycles. The van der Waals surface area contributed by atoms with Crippen LogP contribution in [0.2, 0.25) is 0 Å². The van der Waals surface area contributed by atoms with Gasteiger partial charge in [0.15, 0.2) is 6.10 Å². The molecule has 0 rings (SSSR count). The predicted octanol–water partition coefficient (Wildman–Crippen LogP) is 16.4. The monoisotopic (exact) mass is 859 g/mol. The van der Waals surface area contributed by atoms with E-state index in [1.165, 1.54) is 38.5 Å². The van der Waals surface area contributed by atoms with E-state index in [1.54, 1.807) is 0 Å². The Kier molecular flexibility index (Phi) is 46.6. The molecule has 1 atom stereocenters. The van der Waals surface area contributed by atoms with E-state index in [0.29, 0.717) is 19.3 Å². The number of hydrogen-bond donors (Lipinski definition) is 0. The van der Waals surface area contributed by atoms with Crippen LogP contribution in [0.5, 0.6) is 0 Å². The van der Waals surface area contributed by atoms with Crippen LogP contribution in [0, 0.1) is 0 Å². The van der Waals surface area contributed by atoms with Crippen LogP contribution in [-0.2, 0) is 28.6 Å². The van der Waals surface area contributed by atoms with Crippen LogP contribution in [0.3, 0.4) is 0 Å². The summed E-state index contributed by atoms with van der Waals surface area (Å²) >= 11 is 0. The fourth-order valence-corrected chi connectivity index (χ4v) is 6.32. The molecular formula is C56H90O6. The van der Waals surface area contributed by atoms with Gasteiger partial charge in [0.05, 0.1) is 0 Å². The number of rotatable bonds is 43. The summed E-state index contributed by atoms with van der Waals surface area (Å²) in [5.74, 6) is -0.995. The molecule has 0 bridgehead atoms. The maximum absolute atomic E-state index is 12.8. The van der Waals surface area contributed by atoms with E-state index in [9.17, 15) is 14.4 Å². The molecular weight excluding hydrogens is 769 g/mol. The van der Waals surface area contributed by atoms with Gasteiger partial charge in [0.1, 0.15) is 13.2 Å². The van der Waals surface area contributed by atoms with Gasteiger partial charge in [-0.3, -0.25) is 14.4 Å². The van der Waals surface area contributed by atoms with Gasteiger partial charge < -0.3 is 14.2 Å². The van der Waals surface area contributed by atoms with Gasteiger partial charge in [0.2, 0.25) is 0 Å². The van der Waals surface area contributed by atoms with Crippen LogP contribution in [0.25, 0.3) is 0 Å². The fraction of sp³-hybridized carbons (Fsp3) is 0.625. The number of hydrogen-bond acceptors (Lipinski definition) is 6. The maximum atomic E-state index is 12.8. The highest BCUT2D eigenvalue weighted by molar-refractivity contribution is 5.71. The highest BCUT2D eigenvalue weighted by Crippen LogP contribution is 2.13. The Bertz CT molecular complexity index is 1310. The molecule has 0 N–H and O–H groups in total. The van der Waals surface area contributed by atoms with E-state index < -0.39 is 6.10 Å². The zero-order valence-electron chi connectivity index (χ0n) is 39.8. The minimum Gasteiger partial charge on any atom is -0.462 e. The van der Waals surface area contributed by atoms with Crippen molar-refractivity contribution >= 4 is 17.9 Å². The van der Waals surface area contributed by atoms with Gasteiger partial charge in [-0.1, -0.05) is 188 Å². The first kappa shape index (κ1) is 58.1. The largest absolute Gasteiger partial charge is 0.462 e. The fourth-order valence-electron chi connectivity index (χ4n) is 6.32. The van der Waals surface area contributed by atoms with Crippen LogP contribution in [0.1, 0.15) is 207 Å². The Morgan fingerprint density at radius 3 is 1.06 bits per heavy atom. The maximum Gasteiger partial charge on any atom is 0.306 e. The van der Waals surface area contributed by atoms with E-state index in [1.807, 2.05) is 0 Å². The number of carbonyl (C=O) groups excluding carboxylic acids is 3. The van der Waals surface area contributed by atoms with Crippen LogP contribution < -0.4 is 0 Å². The first-order valence-electron chi connectivity index (χ1n) is 24.9. The summed E-state index contributed by atoms with van der Waals surface area (Å²) in [6.45, 7) is 6.27. The summed E-state index contributed by atoms with van der Waals surface area (Å²) in [7, 11) is 0. The van der Waals surface area contributed by atoms with Crippen LogP contribution in [-0.4, -0.2) is 37.2 Å². The lowest BCUT2D eigenvalue weighted by Gasteiger charge is -2.18. The highest BCUT2D eigenvalue weighted by Gasteiger charge is 2.19. The lowest BCUT2D eigenvalue weighted by Crippen LogP contribution is -2.30. The minimum absolute atomic E-state index is 0.107. The third-order valence-electron chi connectivity index (χ3n) is 9.97. The van der Waals surface area contributed by atoms with Crippen molar-refractivity contribution in [2.45, 2.75) is 213 Å². The summed E-state index contributed by atoms with van der Waals surface area (Å²) < 4.78 is 16.7. The molecule has 350 valence electrons. The van der Waals surface area contributed by atoms with Crippen LogP contribution in [0.4, 0.5) is 0 Å². The SMILES string of the molecule is CC/C=C\C/C=C\C/C=C\C/C=C\C/C=C\CCCC(=O)OCC(COC(=O)CCCCCCC/C=C\CCC)OC(=O)CCCCCCCCC/C=C\C/C=C\C/C=C\CC. The standard InChI is InChI=1S/C56H90O6/c1-4-7-10-13-16-19-22-24-26-28-30-32-34-37-40-43-46-49-55(58)61-52-53(51-60-54(57)48-45-42-39-36-21-18-15-12-9-6-3)62-56(59)50-47-44-41-38-35-33-31-29-27-25-23-20-17-14-11-8-5-2/h7-8,10-12,15-17,19-20,24-27,30,32,37,40,53H,4-6,9,13-14,18,21-23,28-29,31,33-36,38-39,41-52H2,1-3H3/b10-7-,11-8-,15-12-,19-16-,20-17-,26-24-,27-25-,32-30-,40-37-. The molecule has 1 unspecified atom stereocenters. The highest BCUT2D eigenvalue weighted by atomic mass is 16.6. The molecule has 0 radical (unpaired) electrons. The summed E-state index contributed by atoms with van der Waals surface area (Å²) in [4.78, 5) is 37.9. The van der Waals surface area contributed by atoms with Crippen molar-refractivity contribution < 1.29 is 28.6 Å². The Balaban J connectivity index is 4.49. The van der Waals surface area contributed by atoms with Crippen molar-refractivity contribution in [3.63, 3.8) is 0 Å². The van der Waals surface area contributed by atoms with Gasteiger partial charge in [0.25, 0.3) is 0 Å². The molecule has 0 fully saturated rings. The second-order valence-electron chi connectivity index (χ2n) is 16.0. The first-order valence-corrected chi connectivity index (χ1v) is 24.9. The molecule has 0 amide bonds. The molecule has 0 aliphatic rings. The molecule has 6 nitrogen and oxygen atoms in total. The molecule has 0 aromatic heterocycles. The number of unbranched alkanes of at least 4 members (excludes halogenated alkanes) is 14. The average molecular weight is 859 g/mol. The molecule has 0 aliphatic carbocycles. The molecule has 0 saturated heterocycles. The predicted molar refractivity (Wildman–Crippen MR) is 265 cm³/mol. The first-order chi connectivity index (χ1) is 30.5. The zero-order valence-corrected chi connectivity index (χ0v) is 39.8. The van der Waals surface area contributed by atoms with Crippen LogP contribution in [0.15, 0.2) is 109 Å². The third-order valence-corrected chi connectivity index (χ3v) is 9.97. The molecule has 0 saturated carbocycles. The molecule has 0 aliphatic heterocycles. The summed E-state index contributed by atoms with van der Waals surface area (Å²) in [5.41, 5.74) is 0. The summed E-state index contributed by atoms with van der Waals surface area (Å²) in [6, 6.07) is 0. The van der Waals surface area contributed by atoms with Crippen molar-refractivity contribution in [1.29, 1.82) is 0 Å². The molecule has 6 heteroatoms. The van der Waals surface area contributed by atoms with Crippen molar-refractivity contribution in [3.05, 3.63) is 109 Å². The summed E-state index contributed by atoms with van der Waals surface area (Å²) in [5, 5.41) is 0. The van der Waals surface area contributed by atoms with E-state index >= 15 is 0 Å². The van der Waals surface area contributed by atoms with Crippen molar-refractivity contribution in [2.75, 3.05) is 13.2 Å². The summed E-state index contributed by atoms with van der Waals surface area (Å²) in [6.07, 6.45) is 66.5. The number of allylic oxidation sites excluding steroid dienone is 18. The Labute approximate surface area is 380 Å². The lowest BCUT2D eigenvalue weighted by molar-refractivity contribution is -0.167. The number of ether oxygens (including phenoxy) is 3. The van der Waals surface area contributed by atoms with Crippen molar-refractivity contribution in [3.8, 4) is 0 Å². The molecule has 0 aromatic rings. The second kappa shape index (κ2) is 49.7. The number of carbonyl (C=O) groups is 3. The third kappa shape index (κ3) is 47.1. The van der Waals surface area contributed by atoms with E-state index in [0.717, 1.165) is 122 Å². The Hall–Kier alpha value is -3.93. The molecule has 62 heavy (non-hydrogen) atoms. The topological polar surface area (TPSA) is 78.9 Å². The smallest absolute Gasteiger partial charge is 0.306 e. The van der Waals surface area contributed by atoms with Gasteiger partial charge in [-0.05, 0) is 109 Å².